The SMILES string of the molecule is CCCCOP(=O)(OCn1cc(-c2cnc(-c3cc(C(=O)OC)c(N)cc3F)c3c(N)noc23)cn1)OC(C)(C)C. The monoisotopic (exact) mass is 590 g/mol. The summed E-state index contributed by atoms with van der Waals surface area (Å²) in [7, 11) is -2.70. The molecule has 0 aliphatic heterocycles. The second kappa shape index (κ2) is 12.0. The molecule has 220 valence electrons. The highest BCUT2D eigenvalue weighted by Crippen LogP contribution is 2.53. The number of esters is 1. The number of halogens is 1. The van der Waals surface area contributed by atoms with Gasteiger partial charge in [0.25, 0.3) is 0 Å². The molecule has 0 saturated heterocycles. The Balaban J connectivity index is 1.66. The first-order chi connectivity index (χ1) is 19.4. The largest absolute Gasteiger partial charge is 0.477 e. The average molecular weight is 591 g/mol. The van der Waals surface area contributed by atoms with Gasteiger partial charge in [-0.3, -0.25) is 18.6 Å². The molecule has 0 saturated carbocycles. The number of hydrogen-bond donors (Lipinski definition) is 2. The van der Waals surface area contributed by atoms with Gasteiger partial charge in [0.05, 0.1) is 42.2 Å². The third-order valence-electron chi connectivity index (χ3n) is 5.75. The van der Waals surface area contributed by atoms with Crippen molar-refractivity contribution in [3.05, 3.63) is 42.1 Å². The van der Waals surface area contributed by atoms with Crippen molar-refractivity contribution in [2.45, 2.75) is 52.9 Å². The quantitative estimate of drug-likeness (QED) is 0.0962. The number of rotatable bonds is 11. The molecular formula is C26H32FN6O7P. The smallest absolute Gasteiger partial charge is 0.465 e. The van der Waals surface area contributed by atoms with Crippen LogP contribution in [0.1, 0.15) is 50.9 Å². The summed E-state index contributed by atoms with van der Waals surface area (Å²) in [5.41, 5.74) is 12.2. The van der Waals surface area contributed by atoms with Gasteiger partial charge in [-0.25, -0.2) is 18.4 Å². The summed E-state index contributed by atoms with van der Waals surface area (Å²) < 4.78 is 56.5. The number of carbonyl (C=O) groups is 1. The summed E-state index contributed by atoms with van der Waals surface area (Å²) >= 11 is 0. The first-order valence-corrected chi connectivity index (χ1v) is 14.2. The van der Waals surface area contributed by atoms with Gasteiger partial charge >= 0.3 is 13.8 Å². The average Bonchev–Trinajstić information content (AvgIpc) is 3.53. The summed E-state index contributed by atoms with van der Waals surface area (Å²) in [6.07, 6.45) is 6.07. The molecule has 4 rings (SSSR count). The van der Waals surface area contributed by atoms with Crippen LogP contribution in [-0.2, 0) is 29.6 Å². The van der Waals surface area contributed by atoms with E-state index in [1.807, 2.05) is 6.92 Å². The van der Waals surface area contributed by atoms with Crippen molar-refractivity contribution < 1.29 is 36.6 Å². The number of methoxy groups -OCH3 is 1. The summed E-state index contributed by atoms with van der Waals surface area (Å²) in [6, 6.07) is 2.24. The van der Waals surface area contributed by atoms with Crippen LogP contribution in [0.25, 0.3) is 33.4 Å². The van der Waals surface area contributed by atoms with E-state index in [0.29, 0.717) is 17.5 Å². The number of anilines is 2. The minimum Gasteiger partial charge on any atom is -0.465 e. The second-order valence-electron chi connectivity index (χ2n) is 10.1. The first kappa shape index (κ1) is 30.1. The van der Waals surface area contributed by atoms with Crippen LogP contribution in [0.15, 0.2) is 35.2 Å². The lowest BCUT2D eigenvalue weighted by molar-refractivity contribution is 0.0281. The van der Waals surface area contributed by atoms with Crippen LogP contribution in [0.2, 0.25) is 0 Å². The van der Waals surface area contributed by atoms with E-state index >= 15 is 4.39 Å². The molecule has 0 spiro atoms. The Morgan fingerprint density at radius 2 is 1.93 bits per heavy atom. The van der Waals surface area contributed by atoms with Crippen LogP contribution in [0, 0.1) is 5.82 Å². The number of fused-ring (bicyclic) bond motifs is 1. The van der Waals surface area contributed by atoms with Gasteiger partial charge in [-0.15, -0.1) is 0 Å². The van der Waals surface area contributed by atoms with Crippen LogP contribution >= 0.6 is 7.82 Å². The Bertz CT molecular complexity index is 1610. The third-order valence-corrected chi connectivity index (χ3v) is 7.45. The molecule has 1 unspecified atom stereocenters. The highest BCUT2D eigenvalue weighted by Gasteiger charge is 2.33. The maximum atomic E-state index is 15.0. The van der Waals surface area contributed by atoms with Crippen LogP contribution in [0.3, 0.4) is 0 Å². The summed E-state index contributed by atoms with van der Waals surface area (Å²) in [6.45, 7) is 7.20. The van der Waals surface area contributed by atoms with Crippen LogP contribution < -0.4 is 11.5 Å². The predicted octanol–water partition coefficient (Wildman–Crippen LogP) is 5.56. The number of nitrogens with two attached hydrogens (primary N) is 2. The number of benzene rings is 1. The highest BCUT2D eigenvalue weighted by molar-refractivity contribution is 7.48. The zero-order valence-electron chi connectivity index (χ0n) is 23.3. The van der Waals surface area contributed by atoms with Crippen molar-refractivity contribution in [1.82, 2.24) is 19.9 Å². The molecule has 0 aliphatic rings. The molecule has 1 atom stereocenters. The number of aromatic nitrogens is 4. The molecule has 0 amide bonds. The van der Waals surface area contributed by atoms with Crippen molar-refractivity contribution in [3.8, 4) is 22.4 Å². The molecule has 0 radical (unpaired) electrons. The van der Waals surface area contributed by atoms with Crippen molar-refractivity contribution in [2.24, 2.45) is 0 Å². The third kappa shape index (κ3) is 6.73. The van der Waals surface area contributed by atoms with Crippen molar-refractivity contribution >= 4 is 36.3 Å². The number of nitrogen functional groups attached to an aromatic ring is 2. The fourth-order valence-electron chi connectivity index (χ4n) is 3.88. The van der Waals surface area contributed by atoms with Crippen molar-refractivity contribution in [2.75, 3.05) is 25.2 Å². The predicted molar refractivity (Wildman–Crippen MR) is 149 cm³/mol. The number of unbranched alkanes of at least 4 members (excludes halogenated alkanes) is 1. The van der Waals surface area contributed by atoms with Crippen LogP contribution in [0.4, 0.5) is 15.9 Å². The number of hydrogen-bond acceptors (Lipinski definition) is 12. The van der Waals surface area contributed by atoms with Crippen LogP contribution in [0.5, 0.6) is 0 Å². The lowest BCUT2D eigenvalue weighted by Crippen LogP contribution is -2.20. The normalized spacial score (nSPS) is 13.4. The Morgan fingerprint density at radius 3 is 2.61 bits per heavy atom. The highest BCUT2D eigenvalue weighted by atomic mass is 31.2. The van der Waals surface area contributed by atoms with Gasteiger partial charge in [0, 0.05) is 34.8 Å². The molecule has 4 N–H and O–H groups in total. The van der Waals surface area contributed by atoms with Gasteiger partial charge in [-0.05, 0) is 39.3 Å². The van der Waals surface area contributed by atoms with E-state index in [0.717, 1.165) is 12.5 Å². The molecular weight excluding hydrogens is 558 g/mol. The van der Waals surface area contributed by atoms with E-state index in [4.69, 9.17) is 34.3 Å². The van der Waals surface area contributed by atoms with Gasteiger partial charge in [0.1, 0.15) is 5.82 Å². The van der Waals surface area contributed by atoms with Crippen molar-refractivity contribution in [3.63, 3.8) is 0 Å². The molecule has 0 bridgehead atoms. The van der Waals surface area contributed by atoms with Gasteiger partial charge in [0.15, 0.2) is 18.1 Å². The number of pyridine rings is 1. The fraction of sp³-hybridized carbons (Fsp3) is 0.385. The standard InChI is InChI=1S/C26H32FN6O7P/c1-6-7-8-37-41(35,40-26(2,3)4)38-14-33-13-15(11-31-33)18-12-30-22(21-23(18)39-32-24(21)29)16-9-17(25(34)36-5)20(28)10-19(16)27/h9-13H,6-8,14,28H2,1-5H3,(H2,29,32). The molecule has 41 heavy (non-hydrogen) atoms. The van der Waals surface area contributed by atoms with Gasteiger partial charge in [-0.1, -0.05) is 18.5 Å². The Morgan fingerprint density at radius 1 is 1.17 bits per heavy atom. The minimum absolute atomic E-state index is 0.0365. The second-order valence-corrected chi connectivity index (χ2v) is 11.7. The Labute approximate surface area is 235 Å². The zero-order chi connectivity index (χ0) is 29.9. The van der Waals surface area contributed by atoms with E-state index < -0.39 is 25.2 Å². The summed E-state index contributed by atoms with van der Waals surface area (Å²) in [5, 5.41) is 8.32. The minimum atomic E-state index is -3.89. The van der Waals surface area contributed by atoms with Gasteiger partial charge in [0.2, 0.25) is 0 Å². The molecule has 0 aliphatic carbocycles. The number of nitrogens with zero attached hydrogens (tertiary/aromatic N) is 4. The van der Waals surface area contributed by atoms with E-state index in [1.54, 1.807) is 27.0 Å². The lowest BCUT2D eigenvalue weighted by atomic mass is 10.0. The number of phosphoric ester groups is 1. The van der Waals surface area contributed by atoms with Gasteiger partial charge in [-0.2, -0.15) is 5.10 Å². The number of phosphoric acid groups is 1. The fourth-order valence-corrected chi connectivity index (χ4v) is 5.35. The zero-order valence-corrected chi connectivity index (χ0v) is 24.2. The van der Waals surface area contributed by atoms with Gasteiger partial charge < -0.3 is 20.7 Å². The molecule has 3 aromatic heterocycles. The lowest BCUT2D eigenvalue weighted by Gasteiger charge is -2.26. The molecule has 3 heterocycles. The number of ether oxygens (including phenoxy) is 1. The topological polar surface area (TPSA) is 180 Å². The molecule has 15 heteroatoms. The molecule has 13 nitrogen and oxygen atoms in total. The van der Waals surface area contributed by atoms with E-state index in [-0.39, 0.29) is 52.6 Å². The van der Waals surface area contributed by atoms with Crippen LogP contribution in [-0.4, -0.2) is 45.2 Å². The summed E-state index contributed by atoms with van der Waals surface area (Å²) in [4.78, 5) is 16.6. The molecule has 0 fully saturated rings. The van der Waals surface area contributed by atoms with Crippen molar-refractivity contribution in [1.29, 1.82) is 0 Å². The Hall–Kier alpha value is -3.84. The maximum absolute atomic E-state index is 15.0. The number of carbonyl (C=O) groups excluding carboxylic acids is 1. The van der Waals surface area contributed by atoms with E-state index in [9.17, 15) is 9.36 Å². The Kier molecular flexibility index (Phi) is 8.78. The molecule has 1 aromatic carbocycles. The maximum Gasteiger partial charge on any atom is 0.477 e. The first-order valence-electron chi connectivity index (χ1n) is 12.7. The van der Waals surface area contributed by atoms with E-state index in [1.165, 1.54) is 30.3 Å². The summed E-state index contributed by atoms with van der Waals surface area (Å²) in [5.74, 6) is -1.51. The molecule has 4 aromatic rings. The van der Waals surface area contributed by atoms with E-state index in [2.05, 4.69) is 15.2 Å².